The van der Waals surface area contributed by atoms with Crippen LogP contribution in [0.5, 0.6) is 11.5 Å². The van der Waals surface area contributed by atoms with Crippen molar-refractivity contribution in [3.8, 4) is 11.5 Å². The molecule has 0 bridgehead atoms. The summed E-state index contributed by atoms with van der Waals surface area (Å²) in [7, 11) is 0. The fourth-order valence-corrected chi connectivity index (χ4v) is 3.19. The number of rotatable bonds is 9. The van der Waals surface area contributed by atoms with Gasteiger partial charge in [0.2, 0.25) is 0 Å². The maximum absolute atomic E-state index is 5.79. The van der Waals surface area contributed by atoms with Crippen LogP contribution in [0.4, 0.5) is 0 Å². The summed E-state index contributed by atoms with van der Waals surface area (Å²) in [6.07, 6.45) is 5.00. The van der Waals surface area contributed by atoms with Gasteiger partial charge in [0.1, 0.15) is 18.1 Å². The molecule has 2 N–H and O–H groups in total. The first-order valence-corrected chi connectivity index (χ1v) is 9.67. The van der Waals surface area contributed by atoms with Gasteiger partial charge in [-0.15, -0.1) is 0 Å². The SMILES string of the molecule is NCCCCCOc1c(Br)cc(OCC=C(Br)Br)cc1Br. The molecule has 0 aliphatic carbocycles. The summed E-state index contributed by atoms with van der Waals surface area (Å²) in [4.78, 5) is 0. The zero-order valence-corrected chi connectivity index (χ0v) is 17.7. The fraction of sp³-hybridized carbons (Fsp3) is 0.429. The third-order valence-corrected chi connectivity index (χ3v) is 4.38. The van der Waals surface area contributed by atoms with Gasteiger partial charge in [-0.25, -0.2) is 0 Å². The Hall–Kier alpha value is 0.440. The molecule has 0 aromatic heterocycles. The average molecular weight is 551 g/mol. The topological polar surface area (TPSA) is 44.5 Å². The normalized spacial score (nSPS) is 10.3. The number of nitrogens with two attached hydrogens (primary N) is 1. The fourth-order valence-electron chi connectivity index (χ4n) is 1.56. The first-order valence-electron chi connectivity index (χ1n) is 6.50. The Balaban J connectivity index is 2.56. The van der Waals surface area contributed by atoms with Crippen LogP contribution in [0.1, 0.15) is 19.3 Å². The highest BCUT2D eigenvalue weighted by molar-refractivity contribution is 9.28. The lowest BCUT2D eigenvalue weighted by atomic mass is 10.2. The van der Waals surface area contributed by atoms with E-state index in [2.05, 4.69) is 63.7 Å². The molecule has 1 aromatic carbocycles. The molecule has 0 fully saturated rings. The van der Waals surface area contributed by atoms with E-state index in [9.17, 15) is 0 Å². The van der Waals surface area contributed by atoms with E-state index in [0.29, 0.717) is 13.2 Å². The highest BCUT2D eigenvalue weighted by Crippen LogP contribution is 2.37. The van der Waals surface area contributed by atoms with Crippen LogP contribution in [0.25, 0.3) is 0 Å². The van der Waals surface area contributed by atoms with Gasteiger partial charge in [-0.1, -0.05) is 0 Å². The van der Waals surface area contributed by atoms with Crippen LogP contribution in [0.15, 0.2) is 30.5 Å². The molecule has 0 heterocycles. The van der Waals surface area contributed by atoms with Crippen LogP contribution in [0, 0.1) is 0 Å². The predicted octanol–water partition coefficient (Wildman–Crippen LogP) is 5.73. The van der Waals surface area contributed by atoms with E-state index in [1.807, 2.05) is 18.2 Å². The molecule has 0 aliphatic rings. The molecule has 7 heteroatoms. The molecule has 0 atom stereocenters. The standard InChI is InChI=1S/C14H17Br4NO2/c15-11-8-10(20-7-4-13(17)18)9-12(16)14(11)21-6-3-1-2-5-19/h4,8-9H,1-3,5-7,19H2. The van der Waals surface area contributed by atoms with Crippen LogP contribution in [-0.4, -0.2) is 19.8 Å². The van der Waals surface area contributed by atoms with Gasteiger partial charge < -0.3 is 15.2 Å². The second-order valence-corrected chi connectivity index (χ2v) is 8.70. The molecule has 0 aliphatic heterocycles. The Morgan fingerprint density at radius 3 is 2.29 bits per heavy atom. The third-order valence-electron chi connectivity index (χ3n) is 2.55. The van der Waals surface area contributed by atoms with Crippen molar-refractivity contribution in [1.29, 1.82) is 0 Å². The minimum Gasteiger partial charge on any atom is -0.491 e. The highest BCUT2D eigenvalue weighted by atomic mass is 79.9. The molecule has 118 valence electrons. The summed E-state index contributed by atoms with van der Waals surface area (Å²) in [5.74, 6) is 1.56. The van der Waals surface area contributed by atoms with Crippen LogP contribution >= 0.6 is 63.7 Å². The predicted molar refractivity (Wildman–Crippen MR) is 102 cm³/mol. The third kappa shape index (κ3) is 8.02. The molecular weight excluding hydrogens is 534 g/mol. The van der Waals surface area contributed by atoms with Gasteiger partial charge in [-0.3, -0.25) is 0 Å². The zero-order valence-electron chi connectivity index (χ0n) is 11.4. The minimum atomic E-state index is 0.476. The Kier molecular flexibility index (Phi) is 10.3. The summed E-state index contributed by atoms with van der Waals surface area (Å²) in [6, 6.07) is 3.80. The molecule has 0 saturated heterocycles. The van der Waals surface area contributed by atoms with Crippen molar-refractivity contribution < 1.29 is 9.47 Å². The van der Waals surface area contributed by atoms with E-state index in [0.717, 1.165) is 49.6 Å². The van der Waals surface area contributed by atoms with E-state index >= 15 is 0 Å². The van der Waals surface area contributed by atoms with Gasteiger partial charge in [0, 0.05) is 0 Å². The van der Waals surface area contributed by atoms with E-state index in [4.69, 9.17) is 15.2 Å². The number of hydrogen-bond acceptors (Lipinski definition) is 3. The van der Waals surface area contributed by atoms with Crippen LogP contribution in [0.2, 0.25) is 0 Å². The van der Waals surface area contributed by atoms with Crippen molar-refractivity contribution in [2.24, 2.45) is 5.73 Å². The van der Waals surface area contributed by atoms with Gasteiger partial charge in [0.05, 0.1) is 18.9 Å². The van der Waals surface area contributed by atoms with Gasteiger partial charge in [-0.05, 0) is 108 Å². The number of halogens is 4. The second kappa shape index (κ2) is 11.0. The maximum Gasteiger partial charge on any atom is 0.147 e. The molecule has 0 radical (unpaired) electrons. The summed E-state index contributed by atoms with van der Waals surface area (Å²) in [6.45, 7) is 1.89. The van der Waals surface area contributed by atoms with Crippen molar-refractivity contribution in [1.82, 2.24) is 0 Å². The van der Waals surface area contributed by atoms with Gasteiger partial charge in [0.15, 0.2) is 0 Å². The van der Waals surface area contributed by atoms with Gasteiger partial charge >= 0.3 is 0 Å². The first-order chi connectivity index (χ1) is 10.0. The Morgan fingerprint density at radius 2 is 1.71 bits per heavy atom. The lowest BCUT2D eigenvalue weighted by molar-refractivity contribution is 0.300. The smallest absolute Gasteiger partial charge is 0.147 e. The molecule has 21 heavy (non-hydrogen) atoms. The number of benzene rings is 1. The largest absolute Gasteiger partial charge is 0.491 e. The first kappa shape index (κ1) is 19.5. The molecule has 1 aromatic rings. The van der Waals surface area contributed by atoms with E-state index < -0.39 is 0 Å². The van der Waals surface area contributed by atoms with Gasteiger partial charge in [0.25, 0.3) is 0 Å². The molecule has 3 nitrogen and oxygen atoms in total. The summed E-state index contributed by atoms with van der Waals surface area (Å²) < 4.78 is 14.0. The number of hydrogen-bond donors (Lipinski definition) is 1. The van der Waals surface area contributed by atoms with Crippen molar-refractivity contribution >= 4 is 63.7 Å². The average Bonchev–Trinajstić information content (AvgIpc) is 2.40. The molecule has 0 amide bonds. The molecule has 0 saturated carbocycles. The van der Waals surface area contributed by atoms with Crippen molar-refractivity contribution in [3.05, 3.63) is 30.5 Å². The monoisotopic (exact) mass is 547 g/mol. The van der Waals surface area contributed by atoms with Crippen LogP contribution in [-0.2, 0) is 0 Å². The zero-order chi connectivity index (χ0) is 15.7. The van der Waals surface area contributed by atoms with Crippen LogP contribution < -0.4 is 15.2 Å². The highest BCUT2D eigenvalue weighted by Gasteiger charge is 2.09. The summed E-state index contributed by atoms with van der Waals surface area (Å²) in [5, 5.41) is 0. The quantitative estimate of drug-likeness (QED) is 0.400. The van der Waals surface area contributed by atoms with E-state index in [-0.39, 0.29) is 0 Å². The Morgan fingerprint density at radius 1 is 1.05 bits per heavy atom. The molecule has 0 spiro atoms. The van der Waals surface area contributed by atoms with Crippen molar-refractivity contribution in [3.63, 3.8) is 0 Å². The Bertz CT molecular complexity index is 453. The summed E-state index contributed by atoms with van der Waals surface area (Å²) >= 11 is 13.6. The number of unbranched alkanes of at least 4 members (excludes halogenated alkanes) is 2. The maximum atomic E-state index is 5.79. The number of ether oxygens (including phenoxy) is 2. The molecule has 1 rings (SSSR count). The van der Waals surface area contributed by atoms with Crippen molar-refractivity contribution in [2.75, 3.05) is 19.8 Å². The minimum absolute atomic E-state index is 0.476. The molecule has 0 unspecified atom stereocenters. The van der Waals surface area contributed by atoms with E-state index in [1.54, 1.807) is 0 Å². The lowest BCUT2D eigenvalue weighted by Gasteiger charge is -2.12. The van der Waals surface area contributed by atoms with E-state index in [1.165, 1.54) is 0 Å². The second-order valence-electron chi connectivity index (χ2n) is 4.22. The van der Waals surface area contributed by atoms with Crippen molar-refractivity contribution in [2.45, 2.75) is 19.3 Å². The summed E-state index contributed by atoms with van der Waals surface area (Å²) in [5.41, 5.74) is 5.47. The Labute approximate surface area is 159 Å². The van der Waals surface area contributed by atoms with Gasteiger partial charge in [-0.2, -0.15) is 0 Å². The lowest BCUT2D eigenvalue weighted by Crippen LogP contribution is -2.02. The molecular formula is C14H17Br4NO2. The van der Waals surface area contributed by atoms with Crippen LogP contribution in [0.3, 0.4) is 0 Å².